The summed E-state index contributed by atoms with van der Waals surface area (Å²) in [6, 6.07) is 3.76. The fourth-order valence-corrected chi connectivity index (χ4v) is 1.48. The van der Waals surface area contributed by atoms with Crippen LogP contribution in [0.5, 0.6) is 0 Å². The summed E-state index contributed by atoms with van der Waals surface area (Å²) in [5.74, 6) is 1.58. The number of hydrogen-bond acceptors (Lipinski definition) is 3. The predicted molar refractivity (Wildman–Crippen MR) is 71.3 cm³/mol. The smallest absolute Gasteiger partial charge is 0.129 e. The molecule has 0 spiro atoms. The van der Waals surface area contributed by atoms with Gasteiger partial charge in [0.1, 0.15) is 18.1 Å². The number of furan rings is 1. The Balaban J connectivity index is 0.00000196. The lowest BCUT2D eigenvalue weighted by Gasteiger charge is -2.17. The van der Waals surface area contributed by atoms with Gasteiger partial charge in [0.25, 0.3) is 0 Å². The Morgan fingerprint density at radius 3 is 2.40 bits per heavy atom. The topological polar surface area (TPSA) is 36.6 Å². The molecule has 0 aliphatic carbocycles. The van der Waals surface area contributed by atoms with Crippen molar-refractivity contribution < 1.29 is 9.52 Å². The van der Waals surface area contributed by atoms with Crippen molar-refractivity contribution in [3.05, 3.63) is 23.7 Å². The summed E-state index contributed by atoms with van der Waals surface area (Å²) in [6.07, 6.45) is 1.15. The third-order valence-electron chi connectivity index (χ3n) is 2.24. The van der Waals surface area contributed by atoms with Crippen molar-refractivity contribution >= 4 is 24.0 Å². The van der Waals surface area contributed by atoms with Crippen LogP contribution in [0.3, 0.4) is 0 Å². The minimum absolute atomic E-state index is 0. The molecule has 0 amide bonds. The average molecular weight is 325 g/mol. The number of nitrogens with zero attached hydrogens (tertiary/aromatic N) is 1. The van der Waals surface area contributed by atoms with Crippen LogP contribution in [0, 0.1) is 0 Å². The standard InChI is InChI=1S/C11H19NO2.HI/c1-3-7-12(4-2)8-10-5-6-11(9-13)14-10;/h5-6,13H,3-4,7-9H2,1-2H3;1H. The molecule has 0 unspecified atom stereocenters. The molecule has 0 atom stereocenters. The Labute approximate surface area is 108 Å². The molecule has 0 aliphatic rings. The molecule has 88 valence electrons. The van der Waals surface area contributed by atoms with E-state index in [4.69, 9.17) is 9.52 Å². The van der Waals surface area contributed by atoms with Gasteiger partial charge in [-0.1, -0.05) is 13.8 Å². The normalized spacial score (nSPS) is 10.4. The summed E-state index contributed by atoms with van der Waals surface area (Å²) in [5.41, 5.74) is 0. The highest BCUT2D eigenvalue weighted by atomic mass is 127. The van der Waals surface area contributed by atoms with Crippen molar-refractivity contribution in [1.29, 1.82) is 0 Å². The van der Waals surface area contributed by atoms with Gasteiger partial charge < -0.3 is 9.52 Å². The zero-order valence-electron chi connectivity index (χ0n) is 9.40. The average Bonchev–Trinajstić information content (AvgIpc) is 2.65. The number of hydrogen-bond donors (Lipinski definition) is 1. The molecule has 1 aromatic rings. The summed E-state index contributed by atoms with van der Waals surface area (Å²) in [5, 5.41) is 8.84. The number of rotatable bonds is 6. The van der Waals surface area contributed by atoms with Crippen LogP contribution in [0.4, 0.5) is 0 Å². The Hall–Kier alpha value is -0.0700. The summed E-state index contributed by atoms with van der Waals surface area (Å²) >= 11 is 0. The maximum absolute atomic E-state index is 8.84. The Bertz CT molecular complexity index is 263. The summed E-state index contributed by atoms with van der Waals surface area (Å²) in [4.78, 5) is 2.32. The first-order chi connectivity index (χ1) is 6.80. The van der Waals surface area contributed by atoms with Crippen molar-refractivity contribution in [3.63, 3.8) is 0 Å². The van der Waals surface area contributed by atoms with Gasteiger partial charge in [-0.3, -0.25) is 4.90 Å². The quantitative estimate of drug-likeness (QED) is 0.817. The molecule has 1 N–H and O–H groups in total. The van der Waals surface area contributed by atoms with Crippen LogP contribution >= 0.6 is 24.0 Å². The lowest BCUT2D eigenvalue weighted by molar-refractivity contribution is 0.223. The van der Waals surface area contributed by atoms with Gasteiger partial charge >= 0.3 is 0 Å². The van der Waals surface area contributed by atoms with Gasteiger partial charge in [0.2, 0.25) is 0 Å². The lowest BCUT2D eigenvalue weighted by Crippen LogP contribution is -2.23. The summed E-state index contributed by atoms with van der Waals surface area (Å²) in [6.45, 7) is 7.26. The van der Waals surface area contributed by atoms with Crippen LogP contribution in [0.15, 0.2) is 16.5 Å². The molecule has 1 rings (SSSR count). The minimum atomic E-state index is -0.0140. The Morgan fingerprint density at radius 1 is 1.27 bits per heavy atom. The Kier molecular flexibility index (Phi) is 8.09. The molecule has 4 heteroatoms. The van der Waals surface area contributed by atoms with Gasteiger partial charge in [-0.05, 0) is 31.6 Å². The van der Waals surface area contributed by atoms with Gasteiger partial charge in [0, 0.05) is 0 Å². The molecule has 1 heterocycles. The molecular weight excluding hydrogens is 305 g/mol. The van der Waals surface area contributed by atoms with E-state index in [0.717, 1.165) is 31.8 Å². The number of aliphatic hydroxyl groups excluding tert-OH is 1. The molecule has 3 nitrogen and oxygen atoms in total. The van der Waals surface area contributed by atoms with E-state index in [1.54, 1.807) is 0 Å². The van der Waals surface area contributed by atoms with Gasteiger partial charge in [0.15, 0.2) is 0 Å². The molecule has 0 aromatic carbocycles. The third kappa shape index (κ3) is 4.99. The number of aliphatic hydroxyl groups is 1. The van der Waals surface area contributed by atoms with E-state index in [1.807, 2.05) is 12.1 Å². The second-order valence-electron chi connectivity index (χ2n) is 3.39. The van der Waals surface area contributed by atoms with Crippen molar-refractivity contribution in [1.82, 2.24) is 4.90 Å². The van der Waals surface area contributed by atoms with Crippen LogP contribution in [-0.4, -0.2) is 23.1 Å². The lowest BCUT2D eigenvalue weighted by atomic mass is 10.3. The summed E-state index contributed by atoms with van der Waals surface area (Å²) in [7, 11) is 0. The maximum atomic E-state index is 8.84. The van der Waals surface area contributed by atoms with Crippen LogP contribution in [0.25, 0.3) is 0 Å². The van der Waals surface area contributed by atoms with Crippen molar-refractivity contribution in [2.24, 2.45) is 0 Å². The molecule has 1 aromatic heterocycles. The molecule has 0 saturated heterocycles. The van der Waals surface area contributed by atoms with Gasteiger partial charge in [-0.15, -0.1) is 24.0 Å². The second kappa shape index (κ2) is 8.13. The van der Waals surface area contributed by atoms with E-state index in [0.29, 0.717) is 5.76 Å². The van der Waals surface area contributed by atoms with E-state index >= 15 is 0 Å². The molecule has 0 aliphatic heterocycles. The van der Waals surface area contributed by atoms with Gasteiger partial charge in [0.05, 0.1) is 6.54 Å². The van der Waals surface area contributed by atoms with Crippen LogP contribution in [0.2, 0.25) is 0 Å². The fraction of sp³-hybridized carbons (Fsp3) is 0.636. The van der Waals surface area contributed by atoms with Gasteiger partial charge in [-0.25, -0.2) is 0 Å². The first kappa shape index (κ1) is 14.9. The highest BCUT2D eigenvalue weighted by Gasteiger charge is 2.06. The maximum Gasteiger partial charge on any atom is 0.129 e. The molecule has 0 bridgehead atoms. The second-order valence-corrected chi connectivity index (χ2v) is 3.39. The Morgan fingerprint density at radius 2 is 1.93 bits per heavy atom. The molecule has 0 radical (unpaired) electrons. The van der Waals surface area contributed by atoms with E-state index in [9.17, 15) is 0 Å². The minimum Gasteiger partial charge on any atom is -0.462 e. The molecule has 0 saturated carbocycles. The number of halogens is 1. The van der Waals surface area contributed by atoms with E-state index in [1.165, 1.54) is 0 Å². The SMILES string of the molecule is CCCN(CC)Cc1ccc(CO)o1.I. The first-order valence-electron chi connectivity index (χ1n) is 5.21. The molecule has 0 fully saturated rings. The van der Waals surface area contributed by atoms with Crippen LogP contribution in [0.1, 0.15) is 31.8 Å². The van der Waals surface area contributed by atoms with Crippen molar-refractivity contribution in [2.75, 3.05) is 13.1 Å². The van der Waals surface area contributed by atoms with Crippen molar-refractivity contribution in [3.8, 4) is 0 Å². The first-order valence-corrected chi connectivity index (χ1v) is 5.21. The third-order valence-corrected chi connectivity index (χ3v) is 2.24. The van der Waals surface area contributed by atoms with Crippen molar-refractivity contribution in [2.45, 2.75) is 33.4 Å². The van der Waals surface area contributed by atoms with Gasteiger partial charge in [-0.2, -0.15) is 0 Å². The van der Waals surface area contributed by atoms with Crippen LogP contribution in [-0.2, 0) is 13.2 Å². The van der Waals surface area contributed by atoms with Crippen LogP contribution < -0.4 is 0 Å². The fourth-order valence-electron chi connectivity index (χ4n) is 1.48. The highest BCUT2D eigenvalue weighted by molar-refractivity contribution is 14.0. The van der Waals surface area contributed by atoms with E-state index in [2.05, 4.69) is 18.7 Å². The largest absolute Gasteiger partial charge is 0.462 e. The van der Waals surface area contributed by atoms with E-state index < -0.39 is 0 Å². The predicted octanol–water partition coefficient (Wildman–Crippen LogP) is 2.62. The van der Waals surface area contributed by atoms with E-state index in [-0.39, 0.29) is 30.6 Å². The monoisotopic (exact) mass is 325 g/mol. The summed E-state index contributed by atoms with van der Waals surface area (Å²) < 4.78 is 5.42. The zero-order valence-corrected chi connectivity index (χ0v) is 11.7. The molecule has 15 heavy (non-hydrogen) atoms. The highest BCUT2D eigenvalue weighted by Crippen LogP contribution is 2.10. The zero-order chi connectivity index (χ0) is 10.4. The molecular formula is C11H20INO2.